The van der Waals surface area contributed by atoms with Crippen LogP contribution in [-0.4, -0.2) is 28.2 Å². The second-order valence-electron chi connectivity index (χ2n) is 5.83. The highest BCUT2D eigenvalue weighted by Crippen LogP contribution is 2.26. The van der Waals surface area contributed by atoms with E-state index >= 15 is 0 Å². The third kappa shape index (κ3) is 3.74. The second kappa shape index (κ2) is 7.01. The summed E-state index contributed by atoms with van der Waals surface area (Å²) in [6.45, 7) is 2.68. The number of rotatable bonds is 3. The second-order valence-corrected chi connectivity index (χ2v) is 6.27. The van der Waals surface area contributed by atoms with Gasteiger partial charge in [0, 0.05) is 37.6 Å². The molecule has 1 aromatic heterocycles. The highest BCUT2D eigenvalue weighted by molar-refractivity contribution is 6.30. The molecule has 3 rings (SSSR count). The Balaban J connectivity index is 1.71. The van der Waals surface area contributed by atoms with Crippen LogP contribution in [0.2, 0.25) is 5.02 Å². The lowest BCUT2D eigenvalue weighted by Gasteiger charge is -2.30. The van der Waals surface area contributed by atoms with Gasteiger partial charge in [-0.1, -0.05) is 23.7 Å². The summed E-state index contributed by atoms with van der Waals surface area (Å²) in [5.41, 5.74) is 3.74. The van der Waals surface area contributed by atoms with Crippen molar-refractivity contribution < 1.29 is 9.59 Å². The average Bonchev–Trinajstić information content (AvgIpc) is 2.56. The van der Waals surface area contributed by atoms with Gasteiger partial charge in [0.05, 0.1) is 11.4 Å². The number of amides is 2. The molecule has 0 saturated carbocycles. The molecule has 124 valence electrons. The number of halogens is 1. The third-order valence-electron chi connectivity index (χ3n) is 4.05. The first-order chi connectivity index (χ1) is 11.5. The van der Waals surface area contributed by atoms with Crippen LogP contribution in [0.25, 0.3) is 0 Å². The molecule has 0 atom stereocenters. The van der Waals surface area contributed by atoms with Crippen molar-refractivity contribution in [3.8, 4) is 0 Å². The summed E-state index contributed by atoms with van der Waals surface area (Å²) in [6.07, 6.45) is 2.54. The Morgan fingerprint density at radius 3 is 2.83 bits per heavy atom. The summed E-state index contributed by atoms with van der Waals surface area (Å²) in [5.74, 6) is -0.0453. The standard InChI is InChI=1S/C18H18ClN3O2/c1-12(23)21-17-4-2-3-13-11-22(8-7-16(13)17)18(24)9-15-6-5-14(19)10-20-15/h2-6,10H,7-9,11H2,1H3,(H,21,23). The van der Waals surface area contributed by atoms with Gasteiger partial charge in [0.2, 0.25) is 11.8 Å². The Bertz CT molecular complexity index is 774. The van der Waals surface area contributed by atoms with E-state index in [4.69, 9.17) is 11.6 Å². The molecular formula is C18H18ClN3O2. The van der Waals surface area contributed by atoms with Crippen LogP contribution in [0.5, 0.6) is 0 Å². The van der Waals surface area contributed by atoms with E-state index in [1.807, 2.05) is 23.1 Å². The molecule has 1 aromatic carbocycles. The zero-order chi connectivity index (χ0) is 17.1. The van der Waals surface area contributed by atoms with Gasteiger partial charge in [-0.05, 0) is 35.7 Å². The van der Waals surface area contributed by atoms with E-state index in [9.17, 15) is 9.59 Å². The molecular weight excluding hydrogens is 326 g/mol. The number of nitrogens with one attached hydrogen (secondary N) is 1. The first kappa shape index (κ1) is 16.5. The van der Waals surface area contributed by atoms with Crippen LogP contribution in [0.4, 0.5) is 5.69 Å². The normalized spacial score (nSPS) is 13.3. The zero-order valence-electron chi connectivity index (χ0n) is 13.4. The number of nitrogens with zero attached hydrogens (tertiary/aromatic N) is 2. The summed E-state index contributed by atoms with van der Waals surface area (Å²) < 4.78 is 0. The summed E-state index contributed by atoms with van der Waals surface area (Å²) >= 11 is 5.82. The number of anilines is 1. The van der Waals surface area contributed by atoms with E-state index in [1.165, 1.54) is 6.92 Å². The summed E-state index contributed by atoms with van der Waals surface area (Å²) in [5, 5.41) is 3.42. The fourth-order valence-electron chi connectivity index (χ4n) is 2.91. The molecule has 0 saturated heterocycles. The van der Waals surface area contributed by atoms with Gasteiger partial charge < -0.3 is 10.2 Å². The molecule has 2 amide bonds. The monoisotopic (exact) mass is 343 g/mol. The first-order valence-corrected chi connectivity index (χ1v) is 8.17. The maximum atomic E-state index is 12.5. The Hall–Kier alpha value is -2.40. The van der Waals surface area contributed by atoms with Gasteiger partial charge in [-0.25, -0.2) is 0 Å². The molecule has 0 bridgehead atoms. The van der Waals surface area contributed by atoms with E-state index < -0.39 is 0 Å². The largest absolute Gasteiger partial charge is 0.338 e. The maximum absolute atomic E-state index is 12.5. The number of benzene rings is 1. The van der Waals surface area contributed by atoms with Crippen molar-refractivity contribution in [1.29, 1.82) is 0 Å². The van der Waals surface area contributed by atoms with Gasteiger partial charge in [0.25, 0.3) is 0 Å². The van der Waals surface area contributed by atoms with Crippen molar-refractivity contribution in [2.75, 3.05) is 11.9 Å². The van der Waals surface area contributed by atoms with Crippen LogP contribution >= 0.6 is 11.6 Å². The lowest BCUT2D eigenvalue weighted by molar-refractivity contribution is -0.131. The predicted octanol–water partition coefficient (Wildman–Crippen LogP) is 2.82. The minimum absolute atomic E-state index is 0.0420. The molecule has 1 N–H and O–H groups in total. The van der Waals surface area contributed by atoms with Crippen LogP contribution in [0.1, 0.15) is 23.7 Å². The van der Waals surface area contributed by atoms with Gasteiger partial charge in [-0.3, -0.25) is 14.6 Å². The van der Waals surface area contributed by atoms with E-state index in [0.717, 1.165) is 23.2 Å². The average molecular weight is 344 g/mol. The van der Waals surface area contributed by atoms with Crippen molar-refractivity contribution in [3.05, 3.63) is 58.4 Å². The van der Waals surface area contributed by atoms with E-state index in [-0.39, 0.29) is 18.2 Å². The van der Waals surface area contributed by atoms with Crippen LogP contribution in [0.15, 0.2) is 36.5 Å². The zero-order valence-corrected chi connectivity index (χ0v) is 14.1. The molecule has 2 heterocycles. The van der Waals surface area contributed by atoms with Gasteiger partial charge in [0.15, 0.2) is 0 Å². The van der Waals surface area contributed by atoms with E-state index in [0.29, 0.717) is 23.8 Å². The van der Waals surface area contributed by atoms with E-state index in [1.54, 1.807) is 18.3 Å². The Morgan fingerprint density at radius 1 is 1.29 bits per heavy atom. The topological polar surface area (TPSA) is 62.3 Å². The highest BCUT2D eigenvalue weighted by atomic mass is 35.5. The van der Waals surface area contributed by atoms with Gasteiger partial charge in [-0.15, -0.1) is 0 Å². The van der Waals surface area contributed by atoms with Crippen molar-refractivity contribution in [2.45, 2.75) is 26.3 Å². The molecule has 2 aromatic rings. The smallest absolute Gasteiger partial charge is 0.228 e. The molecule has 0 radical (unpaired) electrons. The fraction of sp³-hybridized carbons (Fsp3) is 0.278. The van der Waals surface area contributed by atoms with Crippen molar-refractivity contribution in [1.82, 2.24) is 9.88 Å². The number of aromatic nitrogens is 1. The van der Waals surface area contributed by atoms with Crippen LogP contribution in [0, 0.1) is 0 Å². The Labute approximate surface area is 145 Å². The van der Waals surface area contributed by atoms with Gasteiger partial charge in [-0.2, -0.15) is 0 Å². The molecule has 5 nitrogen and oxygen atoms in total. The number of pyridine rings is 1. The Morgan fingerprint density at radius 2 is 2.12 bits per heavy atom. The van der Waals surface area contributed by atoms with Gasteiger partial charge >= 0.3 is 0 Å². The molecule has 0 unspecified atom stereocenters. The molecule has 24 heavy (non-hydrogen) atoms. The lowest BCUT2D eigenvalue weighted by Crippen LogP contribution is -2.37. The lowest BCUT2D eigenvalue weighted by atomic mass is 9.97. The summed E-state index contributed by atoms with van der Waals surface area (Å²) in [6, 6.07) is 9.31. The number of hydrogen-bond acceptors (Lipinski definition) is 3. The van der Waals surface area contributed by atoms with Crippen LogP contribution < -0.4 is 5.32 Å². The van der Waals surface area contributed by atoms with Crippen molar-refractivity contribution in [2.24, 2.45) is 0 Å². The molecule has 0 aliphatic carbocycles. The van der Waals surface area contributed by atoms with Crippen LogP contribution in [0.3, 0.4) is 0 Å². The molecule has 0 fully saturated rings. The quantitative estimate of drug-likeness (QED) is 0.932. The Kier molecular flexibility index (Phi) is 4.81. The molecule has 1 aliphatic heterocycles. The van der Waals surface area contributed by atoms with E-state index in [2.05, 4.69) is 10.3 Å². The molecule has 0 spiro atoms. The highest BCUT2D eigenvalue weighted by Gasteiger charge is 2.23. The number of fused-ring (bicyclic) bond motifs is 1. The molecule has 1 aliphatic rings. The van der Waals surface area contributed by atoms with Crippen LogP contribution in [-0.2, 0) is 29.0 Å². The number of hydrogen-bond donors (Lipinski definition) is 1. The van der Waals surface area contributed by atoms with Gasteiger partial charge in [0.1, 0.15) is 0 Å². The first-order valence-electron chi connectivity index (χ1n) is 7.79. The fourth-order valence-corrected chi connectivity index (χ4v) is 3.02. The number of carbonyl (C=O) groups excluding carboxylic acids is 2. The molecule has 6 heteroatoms. The van der Waals surface area contributed by atoms with Crippen molar-refractivity contribution in [3.63, 3.8) is 0 Å². The minimum atomic E-state index is -0.0873. The minimum Gasteiger partial charge on any atom is -0.338 e. The number of carbonyl (C=O) groups is 2. The predicted molar refractivity (Wildman–Crippen MR) is 92.8 cm³/mol. The summed E-state index contributed by atoms with van der Waals surface area (Å²) in [7, 11) is 0. The SMILES string of the molecule is CC(=O)Nc1cccc2c1CCN(C(=O)Cc1ccc(Cl)cn1)C2. The maximum Gasteiger partial charge on any atom is 0.228 e. The third-order valence-corrected chi connectivity index (χ3v) is 4.27. The van der Waals surface area contributed by atoms with Crippen molar-refractivity contribution >= 4 is 29.1 Å². The summed E-state index contributed by atoms with van der Waals surface area (Å²) in [4.78, 5) is 29.8.